The molecule has 5 nitrogen and oxygen atoms in total. The van der Waals surface area contributed by atoms with Gasteiger partial charge in [-0.2, -0.15) is 5.26 Å². The average Bonchev–Trinajstić information content (AvgIpc) is 3.01. The van der Waals surface area contributed by atoms with Crippen molar-refractivity contribution in [3.8, 4) is 6.07 Å². The molecule has 0 radical (unpaired) electrons. The standard InChI is InChI=1S/C22H19FN2O3S/c1-3-28-22(27)18(13-24)21-25(17-10-8-16(23)9-11-17)20(26)19(29-21)12-15-7-5-4-6-14(15)2/h4-11,19H,3,12H2,1-2H3/b21-18-. The van der Waals surface area contributed by atoms with Crippen LogP contribution in [-0.4, -0.2) is 23.7 Å². The first-order valence-corrected chi connectivity index (χ1v) is 9.96. The molecule has 1 saturated heterocycles. The van der Waals surface area contributed by atoms with Crippen LogP contribution in [-0.2, 0) is 20.7 Å². The smallest absolute Gasteiger partial charge is 0.351 e. The molecule has 1 heterocycles. The largest absolute Gasteiger partial charge is 0.462 e. The Morgan fingerprint density at radius 2 is 1.93 bits per heavy atom. The minimum atomic E-state index is -0.783. The van der Waals surface area contributed by atoms with Gasteiger partial charge in [0, 0.05) is 5.69 Å². The van der Waals surface area contributed by atoms with E-state index in [4.69, 9.17) is 4.74 Å². The molecule has 1 aliphatic rings. The lowest BCUT2D eigenvalue weighted by molar-refractivity contribution is -0.138. The van der Waals surface area contributed by atoms with Gasteiger partial charge in [0.1, 0.15) is 16.9 Å². The van der Waals surface area contributed by atoms with Crippen molar-refractivity contribution in [1.29, 1.82) is 5.26 Å². The molecular formula is C22H19FN2O3S. The van der Waals surface area contributed by atoms with E-state index in [2.05, 4.69) is 0 Å². The number of nitriles is 1. The molecule has 1 aliphatic heterocycles. The number of ether oxygens (including phenoxy) is 1. The molecule has 0 N–H and O–H groups in total. The van der Waals surface area contributed by atoms with Gasteiger partial charge in [-0.3, -0.25) is 9.69 Å². The van der Waals surface area contributed by atoms with Crippen molar-refractivity contribution in [3.05, 3.63) is 76.1 Å². The highest BCUT2D eigenvalue weighted by Crippen LogP contribution is 2.42. The normalized spacial score (nSPS) is 17.8. The van der Waals surface area contributed by atoms with Gasteiger partial charge in [-0.05, 0) is 55.7 Å². The second-order valence-corrected chi connectivity index (χ2v) is 7.59. The summed E-state index contributed by atoms with van der Waals surface area (Å²) >= 11 is 1.16. The van der Waals surface area contributed by atoms with Gasteiger partial charge in [0.15, 0.2) is 5.57 Å². The third-order valence-corrected chi connectivity index (χ3v) is 5.77. The van der Waals surface area contributed by atoms with Crippen LogP contribution in [0.5, 0.6) is 0 Å². The van der Waals surface area contributed by atoms with Crippen LogP contribution in [0.2, 0.25) is 0 Å². The molecule has 0 saturated carbocycles. The third kappa shape index (κ3) is 4.33. The first-order chi connectivity index (χ1) is 14.0. The monoisotopic (exact) mass is 410 g/mol. The van der Waals surface area contributed by atoms with E-state index < -0.39 is 17.0 Å². The molecule has 2 aromatic rings. The van der Waals surface area contributed by atoms with Crippen molar-refractivity contribution in [2.45, 2.75) is 25.5 Å². The van der Waals surface area contributed by atoms with Crippen LogP contribution in [0, 0.1) is 24.1 Å². The van der Waals surface area contributed by atoms with Crippen LogP contribution >= 0.6 is 11.8 Å². The lowest BCUT2D eigenvalue weighted by Gasteiger charge is -2.18. The van der Waals surface area contributed by atoms with Gasteiger partial charge in [-0.1, -0.05) is 36.0 Å². The van der Waals surface area contributed by atoms with E-state index in [0.29, 0.717) is 12.1 Å². The van der Waals surface area contributed by atoms with Gasteiger partial charge in [0.05, 0.1) is 11.9 Å². The minimum Gasteiger partial charge on any atom is -0.462 e. The van der Waals surface area contributed by atoms with E-state index in [9.17, 15) is 19.2 Å². The number of rotatable bonds is 5. The fraction of sp³-hybridized carbons (Fsp3) is 0.227. The summed E-state index contributed by atoms with van der Waals surface area (Å²) in [4.78, 5) is 26.8. The number of hydrogen-bond acceptors (Lipinski definition) is 5. The molecular weight excluding hydrogens is 391 g/mol. The summed E-state index contributed by atoms with van der Waals surface area (Å²) < 4.78 is 18.4. The molecule has 7 heteroatoms. The van der Waals surface area contributed by atoms with E-state index in [-0.39, 0.29) is 23.1 Å². The molecule has 0 aromatic heterocycles. The molecule has 148 valence electrons. The van der Waals surface area contributed by atoms with Crippen molar-refractivity contribution >= 4 is 29.3 Å². The maximum Gasteiger partial charge on any atom is 0.351 e. The van der Waals surface area contributed by atoms with Crippen LogP contribution in [0.4, 0.5) is 10.1 Å². The Morgan fingerprint density at radius 1 is 1.24 bits per heavy atom. The van der Waals surface area contributed by atoms with Crippen molar-refractivity contribution in [2.75, 3.05) is 11.5 Å². The van der Waals surface area contributed by atoms with Gasteiger partial charge in [0.25, 0.3) is 0 Å². The molecule has 1 fully saturated rings. The molecule has 0 bridgehead atoms. The first kappa shape index (κ1) is 20.6. The Hall–Kier alpha value is -3.11. The van der Waals surface area contributed by atoms with Gasteiger partial charge in [-0.15, -0.1) is 0 Å². The summed E-state index contributed by atoms with van der Waals surface area (Å²) in [5.74, 6) is -1.49. The number of hydrogen-bond donors (Lipinski definition) is 0. The summed E-state index contributed by atoms with van der Waals surface area (Å²) in [6.45, 7) is 3.72. The first-order valence-electron chi connectivity index (χ1n) is 9.08. The minimum absolute atomic E-state index is 0.110. The van der Waals surface area contributed by atoms with E-state index in [1.807, 2.05) is 37.3 Å². The summed E-state index contributed by atoms with van der Waals surface area (Å²) in [6.07, 6.45) is 0.443. The SMILES string of the molecule is CCOC(=O)/C(C#N)=C1\SC(Cc2ccccc2C)C(=O)N1c1ccc(F)cc1. The van der Waals surface area contributed by atoms with Gasteiger partial charge < -0.3 is 4.74 Å². The van der Waals surface area contributed by atoms with Crippen LogP contribution < -0.4 is 4.90 Å². The number of carbonyl (C=O) groups excluding carboxylic acids is 2. The summed E-state index contributed by atoms with van der Waals surface area (Å²) in [6, 6.07) is 15.0. The molecule has 0 spiro atoms. The number of amides is 1. The maximum absolute atomic E-state index is 13.4. The summed E-state index contributed by atoms with van der Waals surface area (Å²) in [5.41, 5.74) is 2.22. The van der Waals surface area contributed by atoms with Gasteiger partial charge in [0.2, 0.25) is 5.91 Å². The number of thioether (sulfide) groups is 1. The third-order valence-electron chi connectivity index (χ3n) is 4.51. The molecule has 0 aliphatic carbocycles. The summed E-state index contributed by atoms with van der Waals surface area (Å²) in [5, 5.41) is 9.27. The van der Waals surface area contributed by atoms with E-state index in [1.165, 1.54) is 29.2 Å². The second kappa shape index (κ2) is 8.93. The Labute approximate surface area is 172 Å². The number of nitrogens with zero attached hydrogens (tertiary/aromatic N) is 2. The quantitative estimate of drug-likeness (QED) is 0.421. The second-order valence-electron chi connectivity index (χ2n) is 6.40. The average molecular weight is 410 g/mol. The van der Waals surface area contributed by atoms with Crippen LogP contribution in [0.3, 0.4) is 0 Å². The van der Waals surface area contributed by atoms with Crippen molar-refractivity contribution in [1.82, 2.24) is 0 Å². The molecule has 1 unspecified atom stereocenters. The van der Waals surface area contributed by atoms with E-state index in [1.54, 1.807) is 6.92 Å². The van der Waals surface area contributed by atoms with Gasteiger partial charge >= 0.3 is 5.97 Å². The topological polar surface area (TPSA) is 70.4 Å². The Kier molecular flexibility index (Phi) is 6.35. The number of benzene rings is 2. The van der Waals surface area contributed by atoms with Crippen molar-refractivity contribution in [2.24, 2.45) is 0 Å². The molecule has 29 heavy (non-hydrogen) atoms. The van der Waals surface area contributed by atoms with Crippen LogP contribution in [0.25, 0.3) is 0 Å². The predicted molar refractivity (Wildman–Crippen MR) is 109 cm³/mol. The van der Waals surface area contributed by atoms with Crippen LogP contribution in [0.1, 0.15) is 18.1 Å². The Morgan fingerprint density at radius 3 is 2.55 bits per heavy atom. The number of carbonyl (C=O) groups is 2. The highest BCUT2D eigenvalue weighted by Gasteiger charge is 2.41. The molecule has 1 atom stereocenters. The maximum atomic E-state index is 13.4. The fourth-order valence-electron chi connectivity index (χ4n) is 3.04. The Bertz CT molecular complexity index is 1010. The fourth-order valence-corrected chi connectivity index (χ4v) is 4.33. The number of esters is 1. The zero-order valence-corrected chi connectivity index (χ0v) is 16.8. The number of anilines is 1. The van der Waals surface area contributed by atoms with Crippen molar-refractivity contribution in [3.63, 3.8) is 0 Å². The highest BCUT2D eigenvalue weighted by atomic mass is 32.2. The summed E-state index contributed by atoms with van der Waals surface area (Å²) in [7, 11) is 0. The molecule has 3 rings (SSSR count). The predicted octanol–water partition coefficient (Wildman–Crippen LogP) is 4.12. The Balaban J connectivity index is 2.05. The van der Waals surface area contributed by atoms with E-state index >= 15 is 0 Å². The van der Waals surface area contributed by atoms with E-state index in [0.717, 1.165) is 22.9 Å². The molecule has 1 amide bonds. The molecule has 2 aromatic carbocycles. The highest BCUT2D eigenvalue weighted by molar-refractivity contribution is 8.05. The number of halogens is 1. The van der Waals surface area contributed by atoms with Crippen LogP contribution in [0.15, 0.2) is 59.1 Å². The lowest BCUT2D eigenvalue weighted by atomic mass is 10.0. The van der Waals surface area contributed by atoms with Gasteiger partial charge in [-0.25, -0.2) is 9.18 Å². The zero-order valence-electron chi connectivity index (χ0n) is 16.0. The number of aryl methyl sites for hydroxylation is 1. The van der Waals surface area contributed by atoms with Crippen molar-refractivity contribution < 1.29 is 18.7 Å². The zero-order chi connectivity index (χ0) is 21.0. The lowest BCUT2D eigenvalue weighted by Crippen LogP contribution is -2.30.